The summed E-state index contributed by atoms with van der Waals surface area (Å²) in [6.45, 7) is 5.31. The summed E-state index contributed by atoms with van der Waals surface area (Å²) in [5.41, 5.74) is -1.07. The van der Waals surface area contributed by atoms with E-state index in [1.165, 1.54) is 18.2 Å². The van der Waals surface area contributed by atoms with Crippen LogP contribution in [0.4, 0.5) is 24.7 Å². The first-order chi connectivity index (χ1) is 14.7. The van der Waals surface area contributed by atoms with Gasteiger partial charge < -0.3 is 10.2 Å². The van der Waals surface area contributed by atoms with Crippen LogP contribution in [-0.4, -0.2) is 52.5 Å². The topological polar surface area (TPSA) is 61.4 Å². The Kier molecular flexibility index (Phi) is 5.85. The van der Waals surface area contributed by atoms with Gasteiger partial charge >= 0.3 is 6.18 Å². The summed E-state index contributed by atoms with van der Waals surface area (Å²) in [4.78, 5) is 26.4. The van der Waals surface area contributed by atoms with Crippen molar-refractivity contribution in [1.29, 1.82) is 0 Å². The first-order valence-electron chi connectivity index (χ1n) is 9.89. The SMILES string of the molecule is CC1CN(CC(=O)Nc2ccccc2C(F)(F)F)CC(C)N1c1ncnc2sccc12. The Labute approximate surface area is 181 Å². The maximum atomic E-state index is 13.2. The number of carbonyl (C=O) groups is 1. The van der Waals surface area contributed by atoms with Crippen molar-refractivity contribution in [3.63, 3.8) is 0 Å². The number of hydrogen-bond acceptors (Lipinski definition) is 6. The van der Waals surface area contributed by atoms with Crippen molar-refractivity contribution in [1.82, 2.24) is 14.9 Å². The van der Waals surface area contributed by atoms with Gasteiger partial charge in [-0.15, -0.1) is 11.3 Å². The minimum atomic E-state index is -4.52. The van der Waals surface area contributed by atoms with Crippen LogP contribution >= 0.6 is 11.3 Å². The van der Waals surface area contributed by atoms with Crippen molar-refractivity contribution < 1.29 is 18.0 Å². The smallest absolute Gasteiger partial charge is 0.348 e. The maximum absolute atomic E-state index is 13.2. The summed E-state index contributed by atoms with van der Waals surface area (Å²) in [5, 5.41) is 5.41. The molecule has 3 heterocycles. The van der Waals surface area contributed by atoms with Gasteiger partial charge in [0.1, 0.15) is 17.0 Å². The van der Waals surface area contributed by atoms with E-state index in [0.717, 1.165) is 22.1 Å². The fourth-order valence-corrected chi connectivity index (χ4v) is 4.92. The van der Waals surface area contributed by atoms with E-state index >= 15 is 0 Å². The molecule has 2 unspecified atom stereocenters. The Bertz CT molecular complexity index is 1070. The number of thiophene rings is 1. The molecular formula is C21H22F3N5OS. The van der Waals surface area contributed by atoms with Gasteiger partial charge in [0.2, 0.25) is 5.91 Å². The summed E-state index contributed by atoms with van der Waals surface area (Å²) in [7, 11) is 0. The number of alkyl halides is 3. The Morgan fingerprint density at radius 1 is 1.16 bits per heavy atom. The molecule has 1 aliphatic heterocycles. The van der Waals surface area contributed by atoms with Crippen LogP contribution in [0, 0.1) is 0 Å². The second-order valence-corrected chi connectivity index (χ2v) is 8.62. The zero-order valence-electron chi connectivity index (χ0n) is 17.1. The summed E-state index contributed by atoms with van der Waals surface area (Å²) in [6, 6.07) is 7.15. The van der Waals surface area contributed by atoms with Gasteiger partial charge in [-0.1, -0.05) is 12.1 Å². The van der Waals surface area contributed by atoms with Gasteiger partial charge in [0.15, 0.2) is 0 Å². The van der Waals surface area contributed by atoms with E-state index in [1.54, 1.807) is 17.7 Å². The first-order valence-corrected chi connectivity index (χ1v) is 10.8. The van der Waals surface area contributed by atoms with Crippen molar-refractivity contribution in [3.8, 4) is 0 Å². The van der Waals surface area contributed by atoms with Crippen LogP contribution in [0.2, 0.25) is 0 Å². The van der Waals surface area contributed by atoms with Crippen molar-refractivity contribution in [2.75, 3.05) is 29.9 Å². The van der Waals surface area contributed by atoms with Crippen molar-refractivity contribution in [2.24, 2.45) is 0 Å². The number of anilines is 2. The standard InChI is InChI=1S/C21H22F3N5OS/c1-13-9-28(11-18(30)27-17-6-4-3-5-16(17)21(22,23)24)10-14(2)29(13)19-15-7-8-31-20(15)26-12-25-19/h3-8,12-14H,9-11H2,1-2H3,(H,27,30). The number of aromatic nitrogens is 2. The molecule has 1 amide bonds. The average Bonchev–Trinajstić information content (AvgIpc) is 3.16. The number of amides is 1. The van der Waals surface area contributed by atoms with Crippen molar-refractivity contribution in [3.05, 3.63) is 47.6 Å². The van der Waals surface area contributed by atoms with Crippen LogP contribution in [0.25, 0.3) is 10.2 Å². The third-order valence-electron chi connectivity index (χ3n) is 5.35. The van der Waals surface area contributed by atoms with Crippen molar-refractivity contribution >= 4 is 39.0 Å². The number of carbonyl (C=O) groups excluding carboxylic acids is 1. The molecule has 1 aliphatic rings. The van der Waals surface area contributed by atoms with Gasteiger partial charge in [-0.2, -0.15) is 13.2 Å². The number of nitrogens with one attached hydrogen (secondary N) is 1. The van der Waals surface area contributed by atoms with Gasteiger partial charge in [-0.3, -0.25) is 9.69 Å². The fourth-order valence-electron chi connectivity index (χ4n) is 4.19. The van der Waals surface area contributed by atoms with Crippen LogP contribution in [0.5, 0.6) is 0 Å². The highest BCUT2D eigenvalue weighted by molar-refractivity contribution is 7.16. The molecule has 10 heteroatoms. The number of halogens is 3. The Hall–Kier alpha value is -2.72. The lowest BCUT2D eigenvalue weighted by atomic mass is 10.1. The molecule has 1 aromatic carbocycles. The molecule has 164 valence electrons. The highest BCUT2D eigenvalue weighted by Gasteiger charge is 2.35. The molecule has 0 bridgehead atoms. The third-order valence-corrected chi connectivity index (χ3v) is 6.17. The van der Waals surface area contributed by atoms with Crippen LogP contribution in [0.3, 0.4) is 0 Å². The van der Waals surface area contributed by atoms with Crippen LogP contribution in [0.15, 0.2) is 42.0 Å². The molecule has 1 fully saturated rings. The number of nitrogens with zero attached hydrogens (tertiary/aromatic N) is 4. The molecule has 4 rings (SSSR count). The Morgan fingerprint density at radius 3 is 2.58 bits per heavy atom. The third kappa shape index (κ3) is 4.49. The van der Waals surface area contributed by atoms with E-state index in [2.05, 4.69) is 34.0 Å². The molecule has 1 N–H and O–H groups in total. The number of benzene rings is 1. The molecule has 1 saturated heterocycles. The largest absolute Gasteiger partial charge is 0.418 e. The van der Waals surface area contributed by atoms with Gasteiger partial charge in [-0.25, -0.2) is 9.97 Å². The molecule has 0 spiro atoms. The minimum absolute atomic E-state index is 0.0202. The Morgan fingerprint density at radius 2 is 1.87 bits per heavy atom. The van der Waals surface area contributed by atoms with E-state index in [-0.39, 0.29) is 24.3 Å². The maximum Gasteiger partial charge on any atom is 0.418 e. The normalized spacial score (nSPS) is 20.2. The van der Waals surface area contributed by atoms with E-state index < -0.39 is 17.6 Å². The number of fused-ring (bicyclic) bond motifs is 1. The highest BCUT2D eigenvalue weighted by Crippen LogP contribution is 2.35. The lowest BCUT2D eigenvalue weighted by molar-refractivity contribution is -0.137. The molecule has 0 saturated carbocycles. The molecule has 2 atom stereocenters. The van der Waals surface area contributed by atoms with Crippen molar-refractivity contribution in [2.45, 2.75) is 32.1 Å². The number of hydrogen-bond donors (Lipinski definition) is 1. The number of para-hydroxylation sites is 1. The fraction of sp³-hybridized carbons (Fsp3) is 0.381. The number of piperazine rings is 1. The molecule has 3 aromatic rings. The summed E-state index contributed by atoms with van der Waals surface area (Å²) in [5.74, 6) is 0.404. The number of rotatable bonds is 4. The minimum Gasteiger partial charge on any atom is -0.348 e. The zero-order valence-corrected chi connectivity index (χ0v) is 17.9. The first kappa shape index (κ1) is 21.5. The lowest BCUT2D eigenvalue weighted by Crippen LogP contribution is -2.58. The summed E-state index contributed by atoms with van der Waals surface area (Å²) >= 11 is 1.56. The molecule has 2 aromatic heterocycles. The average molecular weight is 450 g/mol. The van der Waals surface area contributed by atoms with Gasteiger partial charge in [-0.05, 0) is 37.4 Å². The molecule has 0 radical (unpaired) electrons. The molecular weight excluding hydrogens is 427 g/mol. The van der Waals surface area contributed by atoms with E-state index in [1.807, 2.05) is 16.3 Å². The van der Waals surface area contributed by atoms with Gasteiger partial charge in [0.05, 0.1) is 23.2 Å². The predicted octanol–water partition coefficient (Wildman–Crippen LogP) is 4.25. The molecule has 6 nitrogen and oxygen atoms in total. The highest BCUT2D eigenvalue weighted by atomic mass is 32.1. The lowest BCUT2D eigenvalue weighted by Gasteiger charge is -2.45. The summed E-state index contributed by atoms with van der Waals surface area (Å²) in [6.07, 6.45) is -2.96. The van der Waals surface area contributed by atoms with Gasteiger partial charge in [0.25, 0.3) is 0 Å². The second-order valence-electron chi connectivity index (χ2n) is 7.73. The predicted molar refractivity (Wildman–Crippen MR) is 115 cm³/mol. The quantitative estimate of drug-likeness (QED) is 0.645. The summed E-state index contributed by atoms with van der Waals surface area (Å²) < 4.78 is 39.5. The van der Waals surface area contributed by atoms with E-state index in [4.69, 9.17) is 0 Å². The van der Waals surface area contributed by atoms with Gasteiger partial charge in [0, 0.05) is 25.2 Å². The van der Waals surface area contributed by atoms with Crippen LogP contribution < -0.4 is 10.2 Å². The van der Waals surface area contributed by atoms with Crippen LogP contribution in [-0.2, 0) is 11.0 Å². The van der Waals surface area contributed by atoms with E-state index in [9.17, 15) is 18.0 Å². The second kappa shape index (κ2) is 8.43. The Balaban J connectivity index is 1.44. The molecule has 0 aliphatic carbocycles. The van der Waals surface area contributed by atoms with Crippen LogP contribution in [0.1, 0.15) is 19.4 Å². The molecule has 31 heavy (non-hydrogen) atoms. The monoisotopic (exact) mass is 449 g/mol. The van der Waals surface area contributed by atoms with E-state index in [0.29, 0.717) is 13.1 Å². The zero-order chi connectivity index (χ0) is 22.2.